The second kappa shape index (κ2) is 5.14. The molecule has 17 heavy (non-hydrogen) atoms. The average molecular weight is 360 g/mol. The summed E-state index contributed by atoms with van der Waals surface area (Å²) >= 11 is 6.68. The minimum absolute atomic E-state index is 0.290. The molecular formula is C12H9Br2FN2. The third-order valence-corrected chi connectivity index (χ3v) is 3.22. The SMILES string of the molecule is Cc1ccc(Nc2ncc(Br)cc2Br)c(F)c1. The maximum Gasteiger partial charge on any atom is 0.146 e. The first-order valence-corrected chi connectivity index (χ1v) is 6.49. The van der Waals surface area contributed by atoms with Crippen LogP contribution in [0.2, 0.25) is 0 Å². The number of aromatic nitrogens is 1. The monoisotopic (exact) mass is 358 g/mol. The quantitative estimate of drug-likeness (QED) is 0.833. The molecule has 1 aromatic heterocycles. The van der Waals surface area contributed by atoms with Gasteiger partial charge in [0.2, 0.25) is 0 Å². The van der Waals surface area contributed by atoms with Crippen LogP contribution >= 0.6 is 31.9 Å². The van der Waals surface area contributed by atoms with Gasteiger partial charge in [0, 0.05) is 10.7 Å². The summed E-state index contributed by atoms with van der Waals surface area (Å²) in [5.41, 5.74) is 1.29. The summed E-state index contributed by atoms with van der Waals surface area (Å²) in [7, 11) is 0. The lowest BCUT2D eigenvalue weighted by molar-refractivity contribution is 0.630. The molecule has 0 atom stereocenters. The van der Waals surface area contributed by atoms with Gasteiger partial charge in [-0.1, -0.05) is 6.07 Å². The molecule has 5 heteroatoms. The van der Waals surface area contributed by atoms with Crippen molar-refractivity contribution in [2.24, 2.45) is 0 Å². The van der Waals surface area contributed by atoms with Crippen LogP contribution in [0, 0.1) is 12.7 Å². The van der Waals surface area contributed by atoms with Gasteiger partial charge in [-0.05, 0) is 62.5 Å². The predicted molar refractivity (Wildman–Crippen MR) is 74.1 cm³/mol. The number of nitrogens with one attached hydrogen (secondary N) is 1. The fourth-order valence-electron chi connectivity index (χ4n) is 1.36. The van der Waals surface area contributed by atoms with Gasteiger partial charge in [-0.25, -0.2) is 9.37 Å². The summed E-state index contributed by atoms with van der Waals surface area (Å²) < 4.78 is 15.3. The number of halogens is 3. The van der Waals surface area contributed by atoms with Crippen molar-refractivity contribution >= 4 is 43.4 Å². The van der Waals surface area contributed by atoms with E-state index >= 15 is 0 Å². The van der Waals surface area contributed by atoms with Crippen LogP contribution in [0.5, 0.6) is 0 Å². The number of rotatable bonds is 2. The molecule has 0 unspecified atom stereocenters. The largest absolute Gasteiger partial charge is 0.337 e. The lowest BCUT2D eigenvalue weighted by Crippen LogP contribution is -1.97. The maximum absolute atomic E-state index is 13.6. The van der Waals surface area contributed by atoms with Crippen molar-refractivity contribution in [3.05, 3.63) is 50.8 Å². The van der Waals surface area contributed by atoms with E-state index in [2.05, 4.69) is 42.2 Å². The van der Waals surface area contributed by atoms with Gasteiger partial charge < -0.3 is 5.32 Å². The van der Waals surface area contributed by atoms with E-state index in [9.17, 15) is 4.39 Å². The maximum atomic E-state index is 13.6. The van der Waals surface area contributed by atoms with E-state index < -0.39 is 0 Å². The number of hydrogen-bond donors (Lipinski definition) is 1. The van der Waals surface area contributed by atoms with E-state index in [-0.39, 0.29) is 5.82 Å². The van der Waals surface area contributed by atoms with E-state index in [4.69, 9.17) is 0 Å². The first kappa shape index (κ1) is 12.5. The molecule has 1 aromatic carbocycles. The van der Waals surface area contributed by atoms with E-state index in [1.807, 2.05) is 19.1 Å². The normalized spacial score (nSPS) is 10.4. The zero-order valence-electron chi connectivity index (χ0n) is 8.97. The van der Waals surface area contributed by atoms with Crippen molar-refractivity contribution in [2.45, 2.75) is 6.92 Å². The highest BCUT2D eigenvalue weighted by atomic mass is 79.9. The Labute approximate surface area is 116 Å². The first-order chi connectivity index (χ1) is 8.06. The fourth-order valence-corrected chi connectivity index (χ4v) is 2.44. The van der Waals surface area contributed by atoms with Gasteiger partial charge in [-0.3, -0.25) is 0 Å². The molecule has 2 aromatic rings. The van der Waals surface area contributed by atoms with Crippen molar-refractivity contribution in [2.75, 3.05) is 5.32 Å². The molecule has 2 rings (SSSR count). The second-order valence-corrected chi connectivity index (χ2v) is 5.36. The van der Waals surface area contributed by atoms with Gasteiger partial charge >= 0.3 is 0 Å². The third-order valence-electron chi connectivity index (χ3n) is 2.19. The lowest BCUT2D eigenvalue weighted by atomic mass is 10.2. The second-order valence-electron chi connectivity index (χ2n) is 3.59. The van der Waals surface area contributed by atoms with Gasteiger partial charge in [-0.15, -0.1) is 0 Å². The van der Waals surface area contributed by atoms with Gasteiger partial charge in [0.25, 0.3) is 0 Å². The molecule has 0 aliphatic rings. The predicted octanol–water partition coefficient (Wildman–Crippen LogP) is 4.80. The molecule has 0 saturated heterocycles. The minimum Gasteiger partial charge on any atom is -0.337 e. The Morgan fingerprint density at radius 3 is 2.65 bits per heavy atom. The molecule has 0 bridgehead atoms. The zero-order valence-corrected chi connectivity index (χ0v) is 12.1. The summed E-state index contributed by atoms with van der Waals surface area (Å²) in [5.74, 6) is 0.289. The van der Waals surface area contributed by atoms with Crippen molar-refractivity contribution < 1.29 is 4.39 Å². The smallest absolute Gasteiger partial charge is 0.146 e. The Balaban J connectivity index is 2.31. The van der Waals surface area contributed by atoms with Crippen molar-refractivity contribution in [1.82, 2.24) is 4.98 Å². The minimum atomic E-state index is -0.290. The molecule has 0 fully saturated rings. The molecule has 88 valence electrons. The number of hydrogen-bond acceptors (Lipinski definition) is 2. The Kier molecular flexibility index (Phi) is 3.79. The molecule has 1 heterocycles. The first-order valence-electron chi connectivity index (χ1n) is 4.90. The van der Waals surface area contributed by atoms with Crippen LogP contribution in [0.25, 0.3) is 0 Å². The molecule has 0 aliphatic heterocycles. The standard InChI is InChI=1S/C12H9Br2FN2/c1-7-2-3-11(10(15)4-7)17-12-9(14)5-8(13)6-16-12/h2-6H,1H3,(H,16,17). The van der Waals surface area contributed by atoms with Gasteiger partial charge in [0.1, 0.15) is 11.6 Å². The molecule has 0 radical (unpaired) electrons. The van der Waals surface area contributed by atoms with Crippen LogP contribution < -0.4 is 5.32 Å². The van der Waals surface area contributed by atoms with E-state index in [0.29, 0.717) is 11.5 Å². The molecule has 1 N–H and O–H groups in total. The molecule has 0 aliphatic carbocycles. The topological polar surface area (TPSA) is 24.9 Å². The molecule has 2 nitrogen and oxygen atoms in total. The van der Waals surface area contributed by atoms with Crippen LogP contribution in [0.4, 0.5) is 15.9 Å². The summed E-state index contributed by atoms with van der Waals surface area (Å²) in [6.07, 6.45) is 1.65. The van der Waals surface area contributed by atoms with Gasteiger partial charge in [0.05, 0.1) is 10.2 Å². The van der Waals surface area contributed by atoms with Crippen molar-refractivity contribution in [3.8, 4) is 0 Å². The molecular weight excluding hydrogens is 351 g/mol. The van der Waals surface area contributed by atoms with Crippen molar-refractivity contribution in [3.63, 3.8) is 0 Å². The van der Waals surface area contributed by atoms with Crippen LogP contribution in [-0.4, -0.2) is 4.98 Å². The van der Waals surface area contributed by atoms with Gasteiger partial charge in [-0.2, -0.15) is 0 Å². The number of anilines is 2. The van der Waals surface area contributed by atoms with E-state index in [0.717, 1.165) is 14.5 Å². The zero-order chi connectivity index (χ0) is 12.4. The van der Waals surface area contributed by atoms with Crippen LogP contribution in [-0.2, 0) is 0 Å². The number of aryl methyl sites for hydroxylation is 1. The number of pyridine rings is 1. The summed E-state index contributed by atoms with van der Waals surface area (Å²) in [6.45, 7) is 1.85. The highest BCUT2D eigenvalue weighted by Crippen LogP contribution is 2.27. The summed E-state index contributed by atoms with van der Waals surface area (Å²) in [6, 6.07) is 6.87. The van der Waals surface area contributed by atoms with Crippen molar-refractivity contribution in [1.29, 1.82) is 0 Å². The average Bonchev–Trinajstić information content (AvgIpc) is 2.25. The lowest BCUT2D eigenvalue weighted by Gasteiger charge is -2.09. The highest BCUT2D eigenvalue weighted by Gasteiger charge is 2.06. The fraction of sp³-hybridized carbons (Fsp3) is 0.0833. The number of benzene rings is 1. The molecule has 0 amide bonds. The van der Waals surface area contributed by atoms with Crippen LogP contribution in [0.3, 0.4) is 0 Å². The molecule has 0 spiro atoms. The van der Waals surface area contributed by atoms with Crippen LogP contribution in [0.15, 0.2) is 39.4 Å². The van der Waals surface area contributed by atoms with Crippen LogP contribution in [0.1, 0.15) is 5.56 Å². The Bertz CT molecular complexity index is 509. The Hall–Kier alpha value is -0.940. The van der Waals surface area contributed by atoms with E-state index in [1.54, 1.807) is 12.3 Å². The molecule has 0 saturated carbocycles. The highest BCUT2D eigenvalue weighted by molar-refractivity contribution is 9.11. The summed E-state index contributed by atoms with van der Waals surface area (Å²) in [5, 5.41) is 2.94. The Morgan fingerprint density at radius 2 is 2.00 bits per heavy atom. The van der Waals surface area contributed by atoms with Gasteiger partial charge in [0.15, 0.2) is 0 Å². The Morgan fingerprint density at radius 1 is 1.24 bits per heavy atom. The number of nitrogens with zero attached hydrogens (tertiary/aromatic N) is 1. The summed E-state index contributed by atoms with van der Waals surface area (Å²) in [4.78, 5) is 4.17. The third kappa shape index (κ3) is 3.04. The van der Waals surface area contributed by atoms with E-state index in [1.165, 1.54) is 6.07 Å².